The molecule has 0 aromatic heterocycles. The lowest BCUT2D eigenvalue weighted by Gasteiger charge is -2.38. The summed E-state index contributed by atoms with van der Waals surface area (Å²) in [4.78, 5) is 17.1. The van der Waals surface area contributed by atoms with Crippen LogP contribution in [0.15, 0.2) is 11.8 Å². The van der Waals surface area contributed by atoms with Crippen molar-refractivity contribution in [1.29, 1.82) is 0 Å². The molecular weight excluding hydrogens is 250 g/mol. The van der Waals surface area contributed by atoms with Gasteiger partial charge < -0.3 is 10.2 Å². The molecule has 20 heavy (non-hydrogen) atoms. The first-order chi connectivity index (χ1) is 9.84. The first-order valence-corrected chi connectivity index (χ1v) is 8.28. The highest BCUT2D eigenvalue weighted by Crippen LogP contribution is 2.34. The molecule has 2 saturated heterocycles. The van der Waals surface area contributed by atoms with E-state index in [1.54, 1.807) is 0 Å². The predicted octanol–water partition coefficient (Wildman–Crippen LogP) is 1.59. The lowest BCUT2D eigenvalue weighted by molar-refractivity contribution is -0.131. The molecule has 1 atom stereocenters. The molecule has 4 nitrogen and oxygen atoms in total. The predicted molar refractivity (Wildman–Crippen MR) is 80.3 cm³/mol. The minimum absolute atomic E-state index is 0.324. The van der Waals surface area contributed by atoms with Crippen LogP contribution in [0.2, 0.25) is 0 Å². The van der Waals surface area contributed by atoms with Crippen LogP contribution in [0.5, 0.6) is 0 Å². The summed E-state index contributed by atoms with van der Waals surface area (Å²) in [5.74, 6) is 0.983. The van der Waals surface area contributed by atoms with E-state index in [0.717, 1.165) is 45.6 Å². The number of carbonyl (C=O) groups excluding carboxylic acids is 1. The van der Waals surface area contributed by atoms with E-state index in [9.17, 15) is 4.79 Å². The molecule has 0 aromatic rings. The van der Waals surface area contributed by atoms with Gasteiger partial charge in [0.1, 0.15) is 0 Å². The Labute approximate surface area is 122 Å². The summed E-state index contributed by atoms with van der Waals surface area (Å²) in [6.07, 6.45) is 9.67. The lowest BCUT2D eigenvalue weighted by Crippen LogP contribution is -2.45. The number of piperidine rings is 1. The van der Waals surface area contributed by atoms with Crippen molar-refractivity contribution in [3.8, 4) is 0 Å². The summed E-state index contributed by atoms with van der Waals surface area (Å²) >= 11 is 0. The van der Waals surface area contributed by atoms with Gasteiger partial charge in [0, 0.05) is 25.3 Å². The van der Waals surface area contributed by atoms with E-state index in [0.29, 0.717) is 18.4 Å². The van der Waals surface area contributed by atoms with Crippen molar-refractivity contribution in [3.63, 3.8) is 0 Å². The van der Waals surface area contributed by atoms with Gasteiger partial charge in [-0.15, -0.1) is 0 Å². The highest BCUT2D eigenvalue weighted by atomic mass is 16.2. The van der Waals surface area contributed by atoms with E-state index in [1.165, 1.54) is 31.4 Å². The van der Waals surface area contributed by atoms with Gasteiger partial charge in [0.25, 0.3) is 0 Å². The number of rotatable bonds is 2. The largest absolute Gasteiger partial charge is 0.315 e. The minimum Gasteiger partial charge on any atom is -0.315 e. The van der Waals surface area contributed by atoms with E-state index in [4.69, 9.17) is 0 Å². The number of nitrogens with zero attached hydrogens (tertiary/aromatic N) is 2. The van der Waals surface area contributed by atoms with Gasteiger partial charge in [-0.1, -0.05) is 6.08 Å². The van der Waals surface area contributed by atoms with Gasteiger partial charge in [-0.25, -0.2) is 0 Å². The second kappa shape index (κ2) is 6.72. The zero-order valence-electron chi connectivity index (χ0n) is 12.4. The molecule has 1 amide bonds. The summed E-state index contributed by atoms with van der Waals surface area (Å²) in [6, 6.07) is 0. The van der Waals surface area contributed by atoms with Crippen LogP contribution in [0.4, 0.5) is 0 Å². The molecule has 1 unspecified atom stereocenters. The van der Waals surface area contributed by atoms with Crippen molar-refractivity contribution >= 4 is 5.91 Å². The highest BCUT2D eigenvalue weighted by molar-refractivity contribution is 5.80. The van der Waals surface area contributed by atoms with E-state index in [1.807, 2.05) is 0 Å². The van der Waals surface area contributed by atoms with Gasteiger partial charge in [-0.2, -0.15) is 0 Å². The molecule has 1 aliphatic carbocycles. The fourth-order valence-corrected chi connectivity index (χ4v) is 3.78. The number of likely N-dealkylation sites (tertiary alicyclic amines) is 1. The second-order valence-corrected chi connectivity index (χ2v) is 6.32. The number of amides is 1. The zero-order chi connectivity index (χ0) is 13.8. The van der Waals surface area contributed by atoms with Gasteiger partial charge in [-0.05, 0) is 57.5 Å². The molecule has 3 rings (SSSR count). The Bertz CT molecular complexity index is 372. The SMILES string of the molecule is O=C(CN1CCCNCC1)N1CCCC2CCCC=C21. The monoisotopic (exact) mass is 277 g/mol. The Hall–Kier alpha value is -0.870. The Kier molecular flexibility index (Phi) is 4.73. The van der Waals surface area contributed by atoms with Gasteiger partial charge in [0.2, 0.25) is 5.91 Å². The fourth-order valence-electron chi connectivity index (χ4n) is 3.78. The van der Waals surface area contributed by atoms with Gasteiger partial charge in [0.15, 0.2) is 0 Å². The third kappa shape index (κ3) is 3.23. The second-order valence-electron chi connectivity index (χ2n) is 6.32. The van der Waals surface area contributed by atoms with Crippen LogP contribution < -0.4 is 5.32 Å². The average Bonchev–Trinajstić information content (AvgIpc) is 2.75. The van der Waals surface area contributed by atoms with Gasteiger partial charge in [-0.3, -0.25) is 9.69 Å². The molecule has 0 aromatic carbocycles. The van der Waals surface area contributed by atoms with E-state index in [2.05, 4.69) is 21.2 Å². The molecule has 0 saturated carbocycles. The van der Waals surface area contributed by atoms with Crippen LogP contribution in [0.25, 0.3) is 0 Å². The number of carbonyl (C=O) groups is 1. The molecule has 3 aliphatic rings. The number of nitrogens with one attached hydrogen (secondary N) is 1. The van der Waals surface area contributed by atoms with E-state index >= 15 is 0 Å². The number of hydrogen-bond donors (Lipinski definition) is 1. The van der Waals surface area contributed by atoms with Gasteiger partial charge in [0.05, 0.1) is 6.54 Å². The molecule has 0 radical (unpaired) electrons. The van der Waals surface area contributed by atoms with Crippen molar-refractivity contribution in [2.45, 2.75) is 38.5 Å². The fraction of sp³-hybridized carbons (Fsp3) is 0.812. The van der Waals surface area contributed by atoms with Crippen molar-refractivity contribution < 1.29 is 4.79 Å². The summed E-state index contributed by atoms with van der Waals surface area (Å²) in [5.41, 5.74) is 1.35. The maximum atomic E-state index is 12.7. The third-order valence-corrected chi connectivity index (χ3v) is 4.87. The standard InChI is InChI=1S/C16H27N3O/c20-16(13-18-10-4-8-17-9-12-18)19-11-3-6-14-5-1-2-7-15(14)19/h7,14,17H,1-6,8-13H2. The van der Waals surface area contributed by atoms with Crippen LogP contribution in [-0.4, -0.2) is 55.0 Å². The first kappa shape index (κ1) is 14.1. The third-order valence-electron chi connectivity index (χ3n) is 4.87. The normalized spacial score (nSPS) is 28.5. The summed E-state index contributed by atoms with van der Waals surface area (Å²) in [5, 5.41) is 3.40. The quantitative estimate of drug-likeness (QED) is 0.832. The number of allylic oxidation sites excluding steroid dienone is 2. The summed E-state index contributed by atoms with van der Waals surface area (Å²) in [6.45, 7) is 5.69. The molecule has 0 bridgehead atoms. The van der Waals surface area contributed by atoms with E-state index in [-0.39, 0.29) is 0 Å². The van der Waals surface area contributed by atoms with Crippen LogP contribution in [0, 0.1) is 5.92 Å². The summed E-state index contributed by atoms with van der Waals surface area (Å²) < 4.78 is 0. The molecule has 2 aliphatic heterocycles. The minimum atomic E-state index is 0.324. The molecular formula is C16H27N3O. The number of hydrogen-bond acceptors (Lipinski definition) is 3. The van der Waals surface area contributed by atoms with Crippen LogP contribution in [0.1, 0.15) is 38.5 Å². The molecule has 0 spiro atoms. The topological polar surface area (TPSA) is 35.6 Å². The van der Waals surface area contributed by atoms with Gasteiger partial charge >= 0.3 is 0 Å². The van der Waals surface area contributed by atoms with E-state index < -0.39 is 0 Å². The van der Waals surface area contributed by atoms with Crippen LogP contribution in [0.3, 0.4) is 0 Å². The zero-order valence-corrected chi connectivity index (χ0v) is 12.4. The van der Waals surface area contributed by atoms with Crippen molar-refractivity contribution in [2.75, 3.05) is 39.3 Å². The summed E-state index contributed by atoms with van der Waals surface area (Å²) in [7, 11) is 0. The van der Waals surface area contributed by atoms with Crippen molar-refractivity contribution in [2.24, 2.45) is 5.92 Å². The smallest absolute Gasteiger partial charge is 0.240 e. The van der Waals surface area contributed by atoms with Crippen molar-refractivity contribution in [3.05, 3.63) is 11.8 Å². The molecule has 4 heteroatoms. The van der Waals surface area contributed by atoms with Crippen LogP contribution in [-0.2, 0) is 4.79 Å². The Balaban J connectivity index is 1.61. The Morgan fingerprint density at radius 1 is 1.15 bits per heavy atom. The first-order valence-electron chi connectivity index (χ1n) is 8.28. The average molecular weight is 277 g/mol. The van der Waals surface area contributed by atoms with Crippen molar-refractivity contribution in [1.82, 2.24) is 15.1 Å². The Morgan fingerprint density at radius 3 is 3.00 bits per heavy atom. The van der Waals surface area contributed by atoms with Crippen LogP contribution >= 0.6 is 0 Å². The maximum Gasteiger partial charge on any atom is 0.240 e. The lowest BCUT2D eigenvalue weighted by atomic mass is 9.85. The molecule has 1 N–H and O–H groups in total. The molecule has 2 heterocycles. The highest BCUT2D eigenvalue weighted by Gasteiger charge is 2.30. The Morgan fingerprint density at radius 2 is 2.05 bits per heavy atom. The molecule has 2 fully saturated rings. The maximum absolute atomic E-state index is 12.7. The molecule has 112 valence electrons. The number of fused-ring (bicyclic) bond motifs is 1.